The van der Waals surface area contributed by atoms with E-state index in [2.05, 4.69) is 38.4 Å². The summed E-state index contributed by atoms with van der Waals surface area (Å²) in [6, 6.07) is 22.1. The lowest BCUT2D eigenvalue weighted by atomic mass is 10.2. The molecule has 142 valence electrons. The second-order valence-corrected chi connectivity index (χ2v) is 7.45. The molecule has 0 bridgehead atoms. The number of amidine groups is 1. The van der Waals surface area contributed by atoms with Crippen molar-refractivity contribution in [2.75, 3.05) is 13.3 Å². The number of nitrogens with zero attached hydrogens (tertiary/aromatic N) is 3. The summed E-state index contributed by atoms with van der Waals surface area (Å²) in [7, 11) is 0. The molecular weight excluding hydrogens is 368 g/mol. The third-order valence-corrected chi connectivity index (χ3v) is 5.27. The van der Waals surface area contributed by atoms with Crippen molar-refractivity contribution < 1.29 is 4.74 Å². The third kappa shape index (κ3) is 5.34. The number of aromatic nitrogens is 1. The lowest BCUT2D eigenvalue weighted by Gasteiger charge is -2.26. The van der Waals surface area contributed by atoms with E-state index in [-0.39, 0.29) is 0 Å². The molecule has 1 aliphatic rings. The molecule has 3 aromatic rings. The fourth-order valence-corrected chi connectivity index (χ4v) is 3.68. The van der Waals surface area contributed by atoms with E-state index in [0.29, 0.717) is 6.67 Å². The quantitative estimate of drug-likeness (QED) is 0.672. The molecule has 0 spiro atoms. The van der Waals surface area contributed by atoms with Crippen LogP contribution in [-0.4, -0.2) is 28.4 Å². The summed E-state index contributed by atoms with van der Waals surface area (Å²) in [6.45, 7) is 2.33. The van der Waals surface area contributed by atoms with E-state index in [4.69, 9.17) is 4.74 Å². The molecule has 6 heteroatoms. The standard InChI is InChI=1S/C22H22N4OS/c1-2-8-20(9-3-1)27-21-10-4-6-18(12-21)15-28-22-24-16-26(17-25-22)14-19-7-5-11-23-13-19/h1-13H,14-17H2,(H,24,25). The first-order valence-electron chi connectivity index (χ1n) is 9.19. The molecule has 0 saturated heterocycles. The maximum Gasteiger partial charge on any atom is 0.159 e. The highest BCUT2D eigenvalue weighted by Gasteiger charge is 2.13. The summed E-state index contributed by atoms with van der Waals surface area (Å²) in [5.41, 5.74) is 2.41. The van der Waals surface area contributed by atoms with E-state index < -0.39 is 0 Å². The Morgan fingerprint density at radius 1 is 0.964 bits per heavy atom. The van der Waals surface area contributed by atoms with Crippen LogP contribution < -0.4 is 10.1 Å². The molecule has 1 aliphatic heterocycles. The molecule has 0 saturated carbocycles. The van der Waals surface area contributed by atoms with Crippen LogP contribution in [0.1, 0.15) is 11.1 Å². The average Bonchev–Trinajstić information content (AvgIpc) is 2.75. The summed E-state index contributed by atoms with van der Waals surface area (Å²) in [5, 5.41) is 4.38. The van der Waals surface area contributed by atoms with Crippen LogP contribution >= 0.6 is 11.8 Å². The summed E-state index contributed by atoms with van der Waals surface area (Å²) >= 11 is 1.72. The Kier molecular flexibility index (Phi) is 6.22. The molecule has 5 nitrogen and oxygen atoms in total. The van der Waals surface area contributed by atoms with Crippen molar-refractivity contribution in [3.8, 4) is 11.5 Å². The first-order valence-corrected chi connectivity index (χ1v) is 10.2. The Morgan fingerprint density at radius 3 is 2.61 bits per heavy atom. The zero-order valence-corrected chi connectivity index (χ0v) is 16.3. The lowest BCUT2D eigenvalue weighted by Crippen LogP contribution is -2.41. The molecule has 2 aromatic carbocycles. The fourth-order valence-electron chi connectivity index (χ4n) is 2.88. The summed E-state index contributed by atoms with van der Waals surface area (Å²) < 4.78 is 5.91. The molecule has 4 rings (SSSR count). The van der Waals surface area contributed by atoms with Gasteiger partial charge in [-0.05, 0) is 41.5 Å². The van der Waals surface area contributed by atoms with E-state index in [1.165, 1.54) is 11.1 Å². The smallest absolute Gasteiger partial charge is 0.159 e. The number of rotatable bonds is 6. The molecule has 1 aromatic heterocycles. The molecule has 0 aliphatic carbocycles. The number of hydrogen-bond donors (Lipinski definition) is 1. The molecule has 0 unspecified atom stereocenters. The van der Waals surface area contributed by atoms with E-state index >= 15 is 0 Å². The number of para-hydroxylation sites is 1. The van der Waals surface area contributed by atoms with Crippen molar-refractivity contribution >= 4 is 16.9 Å². The second kappa shape index (κ2) is 9.39. The van der Waals surface area contributed by atoms with Gasteiger partial charge < -0.3 is 10.1 Å². The van der Waals surface area contributed by atoms with E-state index in [1.54, 1.807) is 18.0 Å². The minimum atomic E-state index is 0.696. The Labute approximate surface area is 169 Å². The van der Waals surface area contributed by atoms with Gasteiger partial charge in [-0.25, -0.2) is 4.99 Å². The van der Waals surface area contributed by atoms with Gasteiger partial charge in [0.25, 0.3) is 0 Å². The predicted molar refractivity (Wildman–Crippen MR) is 114 cm³/mol. The highest BCUT2D eigenvalue weighted by atomic mass is 32.2. The molecule has 1 N–H and O–H groups in total. The van der Waals surface area contributed by atoms with Crippen LogP contribution in [0.15, 0.2) is 84.1 Å². The van der Waals surface area contributed by atoms with Crippen LogP contribution in [0.4, 0.5) is 0 Å². The monoisotopic (exact) mass is 390 g/mol. The Hall–Kier alpha value is -2.83. The van der Waals surface area contributed by atoms with Gasteiger partial charge >= 0.3 is 0 Å². The Balaban J connectivity index is 1.28. The highest BCUT2D eigenvalue weighted by molar-refractivity contribution is 8.13. The normalized spacial score (nSPS) is 14.2. The Bertz CT molecular complexity index is 918. The molecule has 0 atom stereocenters. The SMILES string of the molecule is c1ccc(Oc2cccc(CSC3=NCN(Cc4cccnc4)CN3)c2)cc1. The molecule has 0 amide bonds. The topological polar surface area (TPSA) is 49.8 Å². The van der Waals surface area contributed by atoms with Crippen LogP contribution in [0.2, 0.25) is 0 Å². The van der Waals surface area contributed by atoms with Crippen LogP contribution in [0.25, 0.3) is 0 Å². The first-order chi connectivity index (χ1) is 13.8. The Morgan fingerprint density at radius 2 is 1.82 bits per heavy atom. The van der Waals surface area contributed by atoms with Crippen LogP contribution in [-0.2, 0) is 12.3 Å². The lowest BCUT2D eigenvalue weighted by molar-refractivity contribution is 0.258. The minimum Gasteiger partial charge on any atom is -0.457 e. The van der Waals surface area contributed by atoms with Crippen LogP contribution in [0.5, 0.6) is 11.5 Å². The molecular formula is C22H22N4OS. The molecule has 28 heavy (non-hydrogen) atoms. The van der Waals surface area contributed by atoms with Gasteiger partial charge in [0.15, 0.2) is 5.17 Å². The van der Waals surface area contributed by atoms with E-state index in [1.807, 2.05) is 54.7 Å². The van der Waals surface area contributed by atoms with Gasteiger partial charge in [-0.2, -0.15) is 0 Å². The van der Waals surface area contributed by atoms with Gasteiger partial charge in [0.05, 0.1) is 13.3 Å². The predicted octanol–water partition coefficient (Wildman–Crippen LogP) is 4.48. The van der Waals surface area contributed by atoms with Crippen molar-refractivity contribution in [1.29, 1.82) is 0 Å². The maximum atomic E-state index is 5.91. The second-order valence-electron chi connectivity index (χ2n) is 6.48. The van der Waals surface area contributed by atoms with Crippen LogP contribution in [0.3, 0.4) is 0 Å². The summed E-state index contributed by atoms with van der Waals surface area (Å²) in [4.78, 5) is 11.1. The largest absolute Gasteiger partial charge is 0.457 e. The zero-order valence-electron chi connectivity index (χ0n) is 15.5. The minimum absolute atomic E-state index is 0.696. The number of nitrogens with one attached hydrogen (secondary N) is 1. The average molecular weight is 391 g/mol. The zero-order chi connectivity index (χ0) is 19.0. The number of ether oxygens (including phenoxy) is 1. The summed E-state index contributed by atoms with van der Waals surface area (Å²) in [5.74, 6) is 2.55. The van der Waals surface area contributed by atoms with Gasteiger partial charge in [0.1, 0.15) is 11.5 Å². The van der Waals surface area contributed by atoms with Crippen molar-refractivity contribution in [3.05, 3.63) is 90.3 Å². The van der Waals surface area contributed by atoms with E-state index in [0.717, 1.165) is 35.6 Å². The van der Waals surface area contributed by atoms with Gasteiger partial charge in [0.2, 0.25) is 0 Å². The van der Waals surface area contributed by atoms with E-state index in [9.17, 15) is 0 Å². The van der Waals surface area contributed by atoms with Crippen LogP contribution in [0, 0.1) is 0 Å². The fraction of sp³-hybridized carbons (Fsp3) is 0.182. The number of benzene rings is 2. The number of pyridine rings is 1. The third-order valence-electron chi connectivity index (χ3n) is 4.25. The number of aliphatic imine (C=N–C) groups is 1. The molecule has 0 radical (unpaired) electrons. The van der Waals surface area contributed by atoms with Gasteiger partial charge in [0, 0.05) is 24.7 Å². The highest BCUT2D eigenvalue weighted by Crippen LogP contribution is 2.24. The van der Waals surface area contributed by atoms with Gasteiger partial charge in [-0.3, -0.25) is 9.88 Å². The first kappa shape index (κ1) is 18.5. The van der Waals surface area contributed by atoms with Gasteiger partial charge in [-0.15, -0.1) is 0 Å². The van der Waals surface area contributed by atoms with Crippen molar-refractivity contribution in [2.45, 2.75) is 12.3 Å². The number of thioether (sulfide) groups is 1. The maximum absolute atomic E-state index is 5.91. The molecule has 2 heterocycles. The van der Waals surface area contributed by atoms with Crippen molar-refractivity contribution in [1.82, 2.24) is 15.2 Å². The van der Waals surface area contributed by atoms with Crippen molar-refractivity contribution in [2.24, 2.45) is 4.99 Å². The van der Waals surface area contributed by atoms with Gasteiger partial charge in [-0.1, -0.05) is 48.2 Å². The molecule has 0 fully saturated rings. The summed E-state index contributed by atoms with van der Waals surface area (Å²) in [6.07, 6.45) is 3.70. The van der Waals surface area contributed by atoms with Crippen molar-refractivity contribution in [3.63, 3.8) is 0 Å². The number of hydrogen-bond acceptors (Lipinski definition) is 6.